The number of hydrogen-bond acceptors (Lipinski definition) is 3. The van der Waals surface area contributed by atoms with Crippen LogP contribution in [0.25, 0.3) is 6.08 Å². The normalized spacial score (nSPS) is 35.5. The molecular formula is C23H31NO3S. The molecule has 1 aromatic rings. The molecule has 3 aliphatic carbocycles. The summed E-state index contributed by atoms with van der Waals surface area (Å²) in [6, 6.07) is 8.47. The van der Waals surface area contributed by atoms with Crippen LogP contribution >= 0.6 is 0 Å². The third-order valence-electron chi connectivity index (χ3n) is 8.92. The zero-order valence-electron chi connectivity index (χ0n) is 16.9. The lowest BCUT2D eigenvalue weighted by Gasteiger charge is -2.43. The standard InChI is InChI=1S/C23H31NO3S/c1-21(2)18-8-10-23(21,20(25)15-18)16-28(26,27)24-13-11-22(12-14-24)9-7-17-5-3-4-6-19(17)22/h3-7,9,18,20,25H,8,10-16H2,1-2H3/t18-,20+,23-/m0/s1. The van der Waals surface area contributed by atoms with E-state index in [1.807, 2.05) is 0 Å². The number of hydrogen-bond donors (Lipinski definition) is 1. The van der Waals surface area contributed by atoms with E-state index in [1.165, 1.54) is 11.1 Å². The number of nitrogens with zero attached hydrogens (tertiary/aromatic N) is 1. The summed E-state index contributed by atoms with van der Waals surface area (Å²) in [5.74, 6) is 0.548. The molecule has 0 aromatic heterocycles. The second kappa shape index (κ2) is 5.93. The Balaban J connectivity index is 1.35. The maximum absolute atomic E-state index is 13.4. The van der Waals surface area contributed by atoms with Crippen molar-refractivity contribution in [2.75, 3.05) is 18.8 Å². The van der Waals surface area contributed by atoms with E-state index in [9.17, 15) is 13.5 Å². The van der Waals surface area contributed by atoms with Gasteiger partial charge >= 0.3 is 0 Å². The van der Waals surface area contributed by atoms with Gasteiger partial charge in [-0.25, -0.2) is 12.7 Å². The fraction of sp³-hybridized carbons (Fsp3) is 0.652. The first-order valence-corrected chi connectivity index (χ1v) is 12.3. The number of benzene rings is 1. The first-order valence-electron chi connectivity index (χ1n) is 10.6. The predicted octanol–water partition coefficient (Wildman–Crippen LogP) is 3.56. The highest BCUT2D eigenvalue weighted by atomic mass is 32.2. The lowest BCUT2D eigenvalue weighted by atomic mass is 9.70. The number of piperidine rings is 1. The molecule has 1 spiro atoms. The molecule has 5 rings (SSSR count). The summed E-state index contributed by atoms with van der Waals surface area (Å²) in [5.41, 5.74) is 2.02. The van der Waals surface area contributed by atoms with Crippen molar-refractivity contribution >= 4 is 16.1 Å². The van der Waals surface area contributed by atoms with E-state index in [2.05, 4.69) is 50.3 Å². The van der Waals surface area contributed by atoms with Crippen LogP contribution in [0.2, 0.25) is 0 Å². The Bertz CT molecular complexity index is 927. The van der Waals surface area contributed by atoms with Gasteiger partial charge in [0.25, 0.3) is 0 Å². The van der Waals surface area contributed by atoms with Gasteiger partial charge in [0.2, 0.25) is 10.0 Å². The van der Waals surface area contributed by atoms with Crippen molar-refractivity contribution in [1.29, 1.82) is 0 Å². The monoisotopic (exact) mass is 401 g/mol. The highest BCUT2D eigenvalue weighted by Crippen LogP contribution is 2.66. The van der Waals surface area contributed by atoms with Gasteiger partial charge in [0.05, 0.1) is 11.9 Å². The van der Waals surface area contributed by atoms with E-state index < -0.39 is 21.5 Å². The summed E-state index contributed by atoms with van der Waals surface area (Å²) in [6.07, 6.45) is 8.29. The van der Waals surface area contributed by atoms with Crippen LogP contribution in [0.1, 0.15) is 57.1 Å². The smallest absolute Gasteiger partial charge is 0.214 e. The van der Waals surface area contributed by atoms with Gasteiger partial charge in [0, 0.05) is 23.9 Å². The second-order valence-electron chi connectivity index (χ2n) is 10.1. The molecule has 0 radical (unpaired) electrons. The molecule has 5 heteroatoms. The fourth-order valence-electron chi connectivity index (χ4n) is 6.83. The first kappa shape index (κ1) is 18.8. The van der Waals surface area contributed by atoms with Crippen molar-refractivity contribution in [3.8, 4) is 0 Å². The number of sulfonamides is 1. The quantitative estimate of drug-likeness (QED) is 0.842. The van der Waals surface area contributed by atoms with E-state index in [1.54, 1.807) is 4.31 Å². The maximum Gasteiger partial charge on any atom is 0.214 e. The van der Waals surface area contributed by atoms with Crippen LogP contribution in [0.15, 0.2) is 30.3 Å². The minimum atomic E-state index is -3.39. The topological polar surface area (TPSA) is 57.6 Å². The Morgan fingerprint density at radius 1 is 1.14 bits per heavy atom. The minimum Gasteiger partial charge on any atom is -0.392 e. The number of aliphatic hydroxyl groups is 1. The summed E-state index contributed by atoms with van der Waals surface area (Å²) in [5, 5.41) is 10.8. The molecule has 0 unspecified atom stereocenters. The zero-order chi connectivity index (χ0) is 19.8. The van der Waals surface area contributed by atoms with Crippen molar-refractivity contribution in [2.45, 2.75) is 57.5 Å². The lowest BCUT2D eigenvalue weighted by Crippen LogP contribution is -2.51. The van der Waals surface area contributed by atoms with Crippen LogP contribution in [-0.4, -0.2) is 42.8 Å². The third-order valence-corrected chi connectivity index (χ3v) is 10.9. The summed E-state index contributed by atoms with van der Waals surface area (Å²) in [6.45, 7) is 5.47. The molecule has 1 N–H and O–H groups in total. The average molecular weight is 402 g/mol. The molecule has 3 atom stereocenters. The third kappa shape index (κ3) is 2.39. The van der Waals surface area contributed by atoms with Crippen molar-refractivity contribution < 1.29 is 13.5 Å². The van der Waals surface area contributed by atoms with E-state index in [4.69, 9.17) is 0 Å². The molecule has 0 amide bonds. The lowest BCUT2D eigenvalue weighted by molar-refractivity contribution is 0.0143. The summed E-state index contributed by atoms with van der Waals surface area (Å²) < 4.78 is 28.5. The van der Waals surface area contributed by atoms with Gasteiger partial charge < -0.3 is 5.11 Å². The Morgan fingerprint density at radius 2 is 1.86 bits per heavy atom. The molecule has 4 nitrogen and oxygen atoms in total. The van der Waals surface area contributed by atoms with Gasteiger partial charge in [-0.1, -0.05) is 50.3 Å². The summed E-state index contributed by atoms with van der Waals surface area (Å²) in [4.78, 5) is 0. The van der Waals surface area contributed by atoms with Gasteiger partial charge in [0.15, 0.2) is 0 Å². The molecule has 1 heterocycles. The van der Waals surface area contributed by atoms with Crippen LogP contribution < -0.4 is 0 Å². The molecule has 3 fully saturated rings. The minimum absolute atomic E-state index is 0.00844. The van der Waals surface area contributed by atoms with Gasteiger partial charge in [-0.3, -0.25) is 0 Å². The average Bonchev–Trinajstić information content (AvgIpc) is 3.19. The van der Waals surface area contributed by atoms with Crippen molar-refractivity contribution in [3.63, 3.8) is 0 Å². The van der Waals surface area contributed by atoms with Crippen molar-refractivity contribution in [3.05, 3.63) is 41.5 Å². The van der Waals surface area contributed by atoms with E-state index in [0.29, 0.717) is 19.0 Å². The van der Waals surface area contributed by atoms with Gasteiger partial charge in [-0.15, -0.1) is 0 Å². The number of rotatable bonds is 3. The van der Waals surface area contributed by atoms with Crippen LogP contribution in [-0.2, 0) is 15.4 Å². The van der Waals surface area contributed by atoms with E-state index >= 15 is 0 Å². The Labute approximate surface area is 168 Å². The number of fused-ring (bicyclic) bond motifs is 4. The van der Waals surface area contributed by atoms with Crippen molar-refractivity contribution in [1.82, 2.24) is 4.31 Å². The van der Waals surface area contributed by atoms with Crippen molar-refractivity contribution in [2.24, 2.45) is 16.7 Å². The molecule has 2 bridgehead atoms. The molecular weight excluding hydrogens is 370 g/mol. The van der Waals surface area contributed by atoms with Gasteiger partial charge in [-0.05, 0) is 54.6 Å². The Kier molecular flexibility index (Phi) is 3.99. The summed E-state index contributed by atoms with van der Waals surface area (Å²) in [7, 11) is -3.39. The fourth-order valence-corrected chi connectivity index (χ4v) is 9.11. The highest BCUT2D eigenvalue weighted by Gasteiger charge is 2.65. The van der Waals surface area contributed by atoms with Crippen LogP contribution in [0, 0.1) is 16.7 Å². The molecule has 1 aromatic carbocycles. The molecule has 2 saturated carbocycles. The van der Waals surface area contributed by atoms with Gasteiger partial charge in [0.1, 0.15) is 0 Å². The Morgan fingerprint density at radius 3 is 2.50 bits per heavy atom. The second-order valence-corrected chi connectivity index (χ2v) is 12.1. The SMILES string of the molecule is CC1(C)[C@H]2CC[C@]1(CS(=O)(=O)N1CCC3(C=Cc4ccccc43)CC1)[C@H](O)C2. The van der Waals surface area contributed by atoms with E-state index in [-0.39, 0.29) is 16.6 Å². The highest BCUT2D eigenvalue weighted by molar-refractivity contribution is 7.89. The maximum atomic E-state index is 13.4. The van der Waals surface area contributed by atoms with Gasteiger partial charge in [-0.2, -0.15) is 0 Å². The molecule has 28 heavy (non-hydrogen) atoms. The first-order chi connectivity index (χ1) is 13.2. The number of aliphatic hydroxyl groups excluding tert-OH is 1. The van der Waals surface area contributed by atoms with Crippen LogP contribution in [0.4, 0.5) is 0 Å². The largest absolute Gasteiger partial charge is 0.392 e. The molecule has 1 aliphatic heterocycles. The van der Waals surface area contributed by atoms with E-state index in [0.717, 1.165) is 32.1 Å². The molecule has 4 aliphatic rings. The number of allylic oxidation sites excluding steroid dienone is 1. The molecule has 1 saturated heterocycles. The van der Waals surface area contributed by atoms with Crippen LogP contribution in [0.3, 0.4) is 0 Å². The summed E-state index contributed by atoms with van der Waals surface area (Å²) >= 11 is 0. The van der Waals surface area contributed by atoms with Crippen LogP contribution in [0.5, 0.6) is 0 Å². The predicted molar refractivity (Wildman–Crippen MR) is 111 cm³/mol. The Hall–Kier alpha value is -1.17. The molecule has 152 valence electrons. The zero-order valence-corrected chi connectivity index (χ0v) is 17.7.